The Balaban J connectivity index is 1.96. The summed E-state index contributed by atoms with van der Waals surface area (Å²) >= 11 is 7.23. The van der Waals surface area contributed by atoms with E-state index in [1.165, 1.54) is 12.3 Å². The lowest BCUT2D eigenvalue weighted by Gasteiger charge is -2.00. The summed E-state index contributed by atoms with van der Waals surface area (Å²) in [5, 5.41) is 3.83. The summed E-state index contributed by atoms with van der Waals surface area (Å²) in [6.45, 7) is 2.37. The van der Waals surface area contributed by atoms with Gasteiger partial charge in [-0.3, -0.25) is 4.79 Å². The molecule has 6 heteroatoms. The first-order chi connectivity index (χ1) is 7.66. The van der Waals surface area contributed by atoms with Crippen molar-refractivity contribution in [1.82, 2.24) is 10.3 Å². The Hall–Kier alpha value is -1.33. The van der Waals surface area contributed by atoms with Crippen LogP contribution >= 0.6 is 22.9 Å². The van der Waals surface area contributed by atoms with E-state index in [-0.39, 0.29) is 11.1 Å². The second kappa shape index (κ2) is 4.67. The number of nitrogens with one attached hydrogen (secondary N) is 1. The van der Waals surface area contributed by atoms with Crippen LogP contribution in [-0.2, 0) is 6.54 Å². The van der Waals surface area contributed by atoms with Crippen LogP contribution in [0.3, 0.4) is 0 Å². The highest BCUT2D eigenvalue weighted by atomic mass is 35.5. The van der Waals surface area contributed by atoms with Gasteiger partial charge < -0.3 is 9.73 Å². The number of carbonyl (C=O) groups is 1. The van der Waals surface area contributed by atoms with Crippen molar-refractivity contribution in [3.8, 4) is 0 Å². The molecule has 4 nitrogen and oxygen atoms in total. The maximum absolute atomic E-state index is 11.6. The van der Waals surface area contributed by atoms with E-state index in [2.05, 4.69) is 10.3 Å². The van der Waals surface area contributed by atoms with Gasteiger partial charge in [0.25, 0.3) is 5.91 Å². The van der Waals surface area contributed by atoms with Gasteiger partial charge in [-0.15, -0.1) is 11.3 Å². The summed E-state index contributed by atoms with van der Waals surface area (Å²) in [6, 6.07) is 1.54. The van der Waals surface area contributed by atoms with Gasteiger partial charge in [0, 0.05) is 11.1 Å². The van der Waals surface area contributed by atoms with Crippen molar-refractivity contribution in [3.63, 3.8) is 0 Å². The van der Waals surface area contributed by atoms with Crippen LogP contribution in [0, 0.1) is 6.92 Å². The highest BCUT2D eigenvalue weighted by Gasteiger charge is 2.12. The third kappa shape index (κ3) is 2.43. The van der Waals surface area contributed by atoms with Crippen molar-refractivity contribution in [2.45, 2.75) is 13.5 Å². The first kappa shape index (κ1) is 11.2. The normalized spacial score (nSPS) is 10.4. The zero-order chi connectivity index (χ0) is 11.5. The molecule has 0 aliphatic rings. The molecule has 16 heavy (non-hydrogen) atoms. The summed E-state index contributed by atoms with van der Waals surface area (Å²) < 4.78 is 4.84. The van der Waals surface area contributed by atoms with Crippen LogP contribution < -0.4 is 5.32 Å². The Labute approximate surface area is 101 Å². The van der Waals surface area contributed by atoms with Gasteiger partial charge in [-0.1, -0.05) is 0 Å². The summed E-state index contributed by atoms with van der Waals surface area (Å²) in [5.74, 6) is -0.246. The van der Waals surface area contributed by atoms with E-state index in [0.29, 0.717) is 12.1 Å². The van der Waals surface area contributed by atoms with Crippen molar-refractivity contribution in [3.05, 3.63) is 39.2 Å². The van der Waals surface area contributed by atoms with Crippen LogP contribution in [-0.4, -0.2) is 10.9 Å². The van der Waals surface area contributed by atoms with E-state index in [9.17, 15) is 4.79 Å². The minimum Gasteiger partial charge on any atom is -0.452 e. The first-order valence-electron chi connectivity index (χ1n) is 4.59. The number of hydrogen-bond acceptors (Lipinski definition) is 4. The highest BCUT2D eigenvalue weighted by molar-refractivity contribution is 7.11. The van der Waals surface area contributed by atoms with Gasteiger partial charge in [-0.2, -0.15) is 0 Å². The van der Waals surface area contributed by atoms with Gasteiger partial charge in [-0.25, -0.2) is 4.98 Å². The van der Waals surface area contributed by atoms with E-state index < -0.39 is 0 Å². The fraction of sp³-hybridized carbons (Fsp3) is 0.200. The van der Waals surface area contributed by atoms with Crippen LogP contribution in [0.4, 0.5) is 0 Å². The van der Waals surface area contributed by atoms with Crippen molar-refractivity contribution in [1.29, 1.82) is 0 Å². The predicted octanol–water partition coefficient (Wildman–Crippen LogP) is 2.63. The number of rotatable bonds is 3. The molecule has 0 fully saturated rings. The summed E-state index contributed by atoms with van der Waals surface area (Å²) in [6.07, 6.45) is 3.13. The lowest BCUT2D eigenvalue weighted by molar-refractivity contribution is 0.0951. The molecule has 0 bridgehead atoms. The molecule has 0 radical (unpaired) electrons. The van der Waals surface area contributed by atoms with E-state index in [1.54, 1.807) is 17.5 Å². The van der Waals surface area contributed by atoms with Gasteiger partial charge in [0.1, 0.15) is 0 Å². The molecule has 0 atom stereocenters. The molecule has 0 unspecified atom stereocenters. The molecule has 0 spiro atoms. The van der Waals surface area contributed by atoms with Crippen LogP contribution in [0.25, 0.3) is 0 Å². The molecule has 0 saturated heterocycles. The van der Waals surface area contributed by atoms with Gasteiger partial charge in [0.05, 0.1) is 23.4 Å². The molecule has 2 heterocycles. The third-order valence-electron chi connectivity index (χ3n) is 1.95. The van der Waals surface area contributed by atoms with Crippen molar-refractivity contribution in [2.75, 3.05) is 0 Å². The predicted molar refractivity (Wildman–Crippen MR) is 61.7 cm³/mol. The Morgan fingerprint density at radius 2 is 2.50 bits per heavy atom. The van der Waals surface area contributed by atoms with Crippen molar-refractivity contribution >= 4 is 28.8 Å². The van der Waals surface area contributed by atoms with Crippen molar-refractivity contribution < 1.29 is 9.21 Å². The molecule has 1 amide bonds. The molecule has 1 N–H and O–H groups in total. The number of halogens is 1. The first-order valence-corrected chi connectivity index (χ1v) is 5.79. The maximum atomic E-state index is 11.6. The number of hydrogen-bond donors (Lipinski definition) is 1. The van der Waals surface area contributed by atoms with Gasteiger partial charge in [-0.05, 0) is 24.6 Å². The highest BCUT2D eigenvalue weighted by Crippen LogP contribution is 2.17. The summed E-state index contributed by atoms with van der Waals surface area (Å²) in [7, 11) is 0. The molecule has 84 valence electrons. The number of furan rings is 1. The third-order valence-corrected chi connectivity index (χ3v) is 3.16. The fourth-order valence-corrected chi connectivity index (χ4v) is 2.14. The lowest BCUT2D eigenvalue weighted by Crippen LogP contribution is -2.22. The van der Waals surface area contributed by atoms with Gasteiger partial charge in [0.2, 0.25) is 5.22 Å². The number of thiazole rings is 1. The zero-order valence-electron chi connectivity index (χ0n) is 8.49. The van der Waals surface area contributed by atoms with Crippen LogP contribution in [0.15, 0.2) is 22.9 Å². The second-order valence-electron chi connectivity index (χ2n) is 3.14. The number of amides is 1. The number of carbonyl (C=O) groups excluding carboxylic acids is 1. The van der Waals surface area contributed by atoms with Gasteiger partial charge >= 0.3 is 0 Å². The molecule has 2 rings (SSSR count). The van der Waals surface area contributed by atoms with Crippen LogP contribution in [0.5, 0.6) is 0 Å². The molecule has 2 aromatic heterocycles. The molecule has 0 saturated carbocycles. The van der Waals surface area contributed by atoms with Crippen LogP contribution in [0.2, 0.25) is 5.22 Å². The van der Waals surface area contributed by atoms with E-state index in [4.69, 9.17) is 16.0 Å². The summed E-state index contributed by atoms with van der Waals surface area (Å²) in [4.78, 5) is 16.7. The second-order valence-corrected chi connectivity index (χ2v) is 4.80. The lowest BCUT2D eigenvalue weighted by atomic mass is 10.3. The minimum absolute atomic E-state index is 0.109. The Kier molecular flexibility index (Phi) is 3.26. The SMILES string of the molecule is Cc1ncc(CNC(=O)c2ccoc2Cl)s1. The van der Waals surface area contributed by atoms with Crippen LogP contribution in [0.1, 0.15) is 20.2 Å². The largest absolute Gasteiger partial charge is 0.452 e. The fourth-order valence-electron chi connectivity index (χ4n) is 1.21. The quantitative estimate of drug-likeness (QED) is 0.919. The minimum atomic E-state index is -0.246. The Bertz CT molecular complexity index is 506. The Morgan fingerprint density at radius 3 is 3.06 bits per heavy atom. The number of nitrogens with zero attached hydrogens (tertiary/aromatic N) is 1. The standard InChI is InChI=1S/C10H9ClN2O2S/c1-6-12-4-7(16-6)5-13-10(14)8-2-3-15-9(8)11/h2-4H,5H2,1H3,(H,13,14). The summed E-state index contributed by atoms with van der Waals surface area (Å²) in [5.41, 5.74) is 0.350. The molecule has 0 aromatic carbocycles. The zero-order valence-corrected chi connectivity index (χ0v) is 10.1. The Morgan fingerprint density at radius 1 is 1.69 bits per heavy atom. The number of aryl methyl sites for hydroxylation is 1. The maximum Gasteiger partial charge on any atom is 0.256 e. The van der Waals surface area contributed by atoms with Crippen molar-refractivity contribution in [2.24, 2.45) is 0 Å². The molecular formula is C10H9ClN2O2S. The average molecular weight is 257 g/mol. The topological polar surface area (TPSA) is 55.1 Å². The van der Waals surface area contributed by atoms with E-state index in [0.717, 1.165) is 9.88 Å². The average Bonchev–Trinajstić information content (AvgIpc) is 2.84. The molecule has 0 aliphatic heterocycles. The number of aromatic nitrogens is 1. The molecule has 0 aliphatic carbocycles. The van der Waals surface area contributed by atoms with E-state index in [1.807, 2.05) is 6.92 Å². The molecular weight excluding hydrogens is 248 g/mol. The van der Waals surface area contributed by atoms with Gasteiger partial charge in [0.15, 0.2) is 0 Å². The van der Waals surface area contributed by atoms with E-state index >= 15 is 0 Å². The smallest absolute Gasteiger partial charge is 0.256 e. The molecule has 2 aromatic rings. The monoisotopic (exact) mass is 256 g/mol.